The molecule has 12 heavy (non-hydrogen) atoms. The Bertz CT molecular complexity index is 156. The molecule has 0 amide bonds. The van der Waals surface area contributed by atoms with E-state index in [1.807, 2.05) is 0 Å². The molecule has 0 radical (unpaired) electrons. The zero-order chi connectivity index (χ0) is 9.72. The van der Waals surface area contributed by atoms with E-state index >= 15 is 0 Å². The molecule has 0 aliphatic rings. The third-order valence-electron chi connectivity index (χ3n) is 1.88. The van der Waals surface area contributed by atoms with Crippen molar-refractivity contribution < 1.29 is 19.8 Å². The third kappa shape index (κ3) is 3.95. The summed E-state index contributed by atoms with van der Waals surface area (Å²) in [6, 6.07) is 0. The molecule has 0 saturated carbocycles. The fourth-order valence-electron chi connectivity index (χ4n) is 0.747. The summed E-state index contributed by atoms with van der Waals surface area (Å²) in [5.74, 6) is -2.64. The largest absolute Gasteiger partial charge is 0.481 e. The van der Waals surface area contributed by atoms with E-state index in [9.17, 15) is 9.59 Å². The molecule has 0 aromatic rings. The molecule has 4 heteroatoms. The second kappa shape index (κ2) is 4.74. The van der Waals surface area contributed by atoms with E-state index < -0.39 is 23.8 Å². The van der Waals surface area contributed by atoms with Crippen molar-refractivity contribution in [2.75, 3.05) is 0 Å². The summed E-state index contributed by atoms with van der Waals surface area (Å²) in [6.45, 7) is 3.16. The van der Waals surface area contributed by atoms with Crippen LogP contribution >= 0.6 is 0 Å². The Kier molecular flexibility index (Phi) is 4.33. The van der Waals surface area contributed by atoms with Gasteiger partial charge in [0.2, 0.25) is 0 Å². The fraction of sp³-hybridized carbons (Fsp3) is 0.750. The van der Waals surface area contributed by atoms with Crippen LogP contribution in [0.4, 0.5) is 0 Å². The van der Waals surface area contributed by atoms with Gasteiger partial charge in [0.15, 0.2) is 0 Å². The Morgan fingerprint density at radius 3 is 1.42 bits per heavy atom. The van der Waals surface area contributed by atoms with Gasteiger partial charge in [-0.15, -0.1) is 0 Å². The predicted octanol–water partition coefficient (Wildman–Crippen LogP) is 1.21. The van der Waals surface area contributed by atoms with Gasteiger partial charge in [0, 0.05) is 0 Å². The van der Waals surface area contributed by atoms with Crippen molar-refractivity contribution in [1.82, 2.24) is 0 Å². The van der Waals surface area contributed by atoms with Crippen molar-refractivity contribution in [2.24, 2.45) is 11.8 Å². The lowest BCUT2D eigenvalue weighted by molar-refractivity contribution is -0.144. The Balaban J connectivity index is 3.68. The highest BCUT2D eigenvalue weighted by Gasteiger charge is 2.15. The highest BCUT2D eigenvalue weighted by atomic mass is 16.4. The van der Waals surface area contributed by atoms with Crippen LogP contribution in [0.5, 0.6) is 0 Å². The third-order valence-corrected chi connectivity index (χ3v) is 1.88. The van der Waals surface area contributed by atoms with E-state index in [1.54, 1.807) is 13.8 Å². The molecule has 0 aromatic heterocycles. The lowest BCUT2D eigenvalue weighted by Crippen LogP contribution is -2.14. The standard InChI is InChI=1S/C8H14O4/c1-5(7(9)10)3-4-6(2)8(11)12/h5-6H,3-4H2,1-2H3,(H,9,10)(H,11,12)/t5-,6-/m1/s1. The zero-order valence-electron chi connectivity index (χ0n) is 7.28. The Morgan fingerprint density at radius 2 is 1.25 bits per heavy atom. The first-order valence-corrected chi connectivity index (χ1v) is 3.90. The fourth-order valence-corrected chi connectivity index (χ4v) is 0.747. The van der Waals surface area contributed by atoms with E-state index in [1.165, 1.54) is 0 Å². The van der Waals surface area contributed by atoms with Crippen LogP contribution in [-0.2, 0) is 9.59 Å². The van der Waals surface area contributed by atoms with Crippen LogP contribution in [0.2, 0.25) is 0 Å². The monoisotopic (exact) mass is 174 g/mol. The quantitative estimate of drug-likeness (QED) is 0.656. The van der Waals surface area contributed by atoms with Crippen LogP contribution < -0.4 is 0 Å². The van der Waals surface area contributed by atoms with Crippen LogP contribution in [0.3, 0.4) is 0 Å². The van der Waals surface area contributed by atoms with E-state index in [-0.39, 0.29) is 0 Å². The summed E-state index contributed by atoms with van der Waals surface area (Å²) >= 11 is 0. The highest BCUT2D eigenvalue weighted by molar-refractivity contribution is 5.70. The van der Waals surface area contributed by atoms with E-state index in [0.29, 0.717) is 12.8 Å². The van der Waals surface area contributed by atoms with Gasteiger partial charge in [-0.05, 0) is 12.8 Å². The van der Waals surface area contributed by atoms with Crippen molar-refractivity contribution in [3.63, 3.8) is 0 Å². The van der Waals surface area contributed by atoms with Crippen molar-refractivity contribution in [1.29, 1.82) is 0 Å². The molecule has 0 aromatic carbocycles. The molecule has 0 rings (SSSR count). The smallest absolute Gasteiger partial charge is 0.306 e. The van der Waals surface area contributed by atoms with E-state index in [0.717, 1.165) is 0 Å². The Labute approximate surface area is 71.2 Å². The molecule has 0 saturated heterocycles. The maximum absolute atomic E-state index is 10.3. The summed E-state index contributed by atoms with van der Waals surface area (Å²) in [5, 5.41) is 17.0. The van der Waals surface area contributed by atoms with Gasteiger partial charge in [-0.3, -0.25) is 9.59 Å². The van der Waals surface area contributed by atoms with Crippen molar-refractivity contribution >= 4 is 11.9 Å². The van der Waals surface area contributed by atoms with Gasteiger partial charge < -0.3 is 10.2 Å². The minimum atomic E-state index is -0.868. The van der Waals surface area contributed by atoms with E-state index in [4.69, 9.17) is 10.2 Å². The van der Waals surface area contributed by atoms with Gasteiger partial charge in [0.1, 0.15) is 0 Å². The molecule has 2 N–H and O–H groups in total. The molecule has 0 spiro atoms. The molecule has 0 unspecified atom stereocenters. The second-order valence-corrected chi connectivity index (χ2v) is 3.06. The van der Waals surface area contributed by atoms with Crippen LogP contribution in [0.15, 0.2) is 0 Å². The number of hydrogen-bond acceptors (Lipinski definition) is 2. The molecule has 0 fully saturated rings. The number of rotatable bonds is 5. The van der Waals surface area contributed by atoms with Crippen LogP contribution in [0.1, 0.15) is 26.7 Å². The summed E-state index contributed by atoms with van der Waals surface area (Å²) in [7, 11) is 0. The van der Waals surface area contributed by atoms with Gasteiger partial charge >= 0.3 is 11.9 Å². The molecule has 4 nitrogen and oxygen atoms in total. The first-order valence-electron chi connectivity index (χ1n) is 3.90. The van der Waals surface area contributed by atoms with Gasteiger partial charge in [0.05, 0.1) is 11.8 Å². The molecule has 70 valence electrons. The van der Waals surface area contributed by atoms with Crippen LogP contribution in [-0.4, -0.2) is 22.2 Å². The summed E-state index contributed by atoms with van der Waals surface area (Å²) in [5.41, 5.74) is 0. The molecular weight excluding hydrogens is 160 g/mol. The number of carbonyl (C=O) groups is 2. The van der Waals surface area contributed by atoms with Gasteiger partial charge in [-0.2, -0.15) is 0 Å². The summed E-state index contributed by atoms with van der Waals surface area (Å²) < 4.78 is 0. The molecule has 0 aliphatic carbocycles. The number of carboxylic acid groups (broad SMARTS) is 2. The molecule has 0 aliphatic heterocycles. The molecular formula is C8H14O4. The zero-order valence-corrected chi connectivity index (χ0v) is 7.28. The second-order valence-electron chi connectivity index (χ2n) is 3.06. The van der Waals surface area contributed by atoms with Gasteiger partial charge in [-0.1, -0.05) is 13.8 Å². The lowest BCUT2D eigenvalue weighted by Gasteiger charge is -2.08. The lowest BCUT2D eigenvalue weighted by atomic mass is 9.98. The normalized spacial score (nSPS) is 15.2. The highest BCUT2D eigenvalue weighted by Crippen LogP contribution is 2.12. The first kappa shape index (κ1) is 10.9. The van der Waals surface area contributed by atoms with Crippen LogP contribution in [0.25, 0.3) is 0 Å². The topological polar surface area (TPSA) is 74.6 Å². The SMILES string of the molecule is C[C@H](CC[C@@H](C)C(=O)O)C(=O)O. The predicted molar refractivity (Wildman–Crippen MR) is 42.8 cm³/mol. The average Bonchev–Trinajstić information content (AvgIpc) is 1.98. The number of aliphatic carboxylic acids is 2. The summed E-state index contributed by atoms with van der Waals surface area (Å²) in [4.78, 5) is 20.7. The first-order chi connectivity index (χ1) is 5.45. The maximum Gasteiger partial charge on any atom is 0.306 e. The Hall–Kier alpha value is -1.06. The number of carboxylic acids is 2. The Morgan fingerprint density at radius 1 is 1.00 bits per heavy atom. The van der Waals surface area contributed by atoms with E-state index in [2.05, 4.69) is 0 Å². The molecule has 0 bridgehead atoms. The van der Waals surface area contributed by atoms with Crippen molar-refractivity contribution in [3.8, 4) is 0 Å². The van der Waals surface area contributed by atoms with Gasteiger partial charge in [0.25, 0.3) is 0 Å². The van der Waals surface area contributed by atoms with Crippen LogP contribution in [0, 0.1) is 11.8 Å². The molecule has 2 atom stereocenters. The van der Waals surface area contributed by atoms with Crippen molar-refractivity contribution in [3.05, 3.63) is 0 Å². The maximum atomic E-state index is 10.3. The van der Waals surface area contributed by atoms with Crippen molar-refractivity contribution in [2.45, 2.75) is 26.7 Å². The van der Waals surface area contributed by atoms with Gasteiger partial charge in [-0.25, -0.2) is 0 Å². The number of hydrogen-bond donors (Lipinski definition) is 2. The minimum absolute atomic E-state index is 0.419. The molecule has 0 heterocycles. The minimum Gasteiger partial charge on any atom is -0.481 e. The average molecular weight is 174 g/mol. The summed E-state index contributed by atoms with van der Waals surface area (Å²) in [6.07, 6.45) is 0.839.